The summed E-state index contributed by atoms with van der Waals surface area (Å²) in [7, 11) is 1.15. The zero-order chi connectivity index (χ0) is 15.0. The van der Waals surface area contributed by atoms with Crippen LogP contribution >= 0.6 is 0 Å². The maximum absolute atomic E-state index is 11.3. The number of hydrogen-bond donors (Lipinski definition) is 2. The van der Waals surface area contributed by atoms with Crippen LogP contribution in [0.15, 0.2) is 24.3 Å². The smallest absolute Gasteiger partial charge is 0.399 e. The number of urea groups is 1. The molecular weight excluding hydrogens is 255 g/mol. The molecule has 2 N–H and O–H groups in total. The fraction of sp³-hybridized carbons (Fsp3) is 0.500. The first-order chi connectivity index (χ1) is 9.25. The molecule has 0 spiro atoms. The molecule has 2 amide bonds. The highest BCUT2D eigenvalue weighted by molar-refractivity contribution is 6.62. The molecule has 1 aromatic carbocycles. The predicted molar refractivity (Wildman–Crippen MR) is 80.2 cm³/mol. The van der Waals surface area contributed by atoms with Gasteiger partial charge in [-0.1, -0.05) is 12.1 Å². The second-order valence-electron chi connectivity index (χ2n) is 5.92. The van der Waals surface area contributed by atoms with Gasteiger partial charge in [0.05, 0.1) is 11.2 Å². The van der Waals surface area contributed by atoms with Crippen molar-refractivity contribution in [2.24, 2.45) is 0 Å². The van der Waals surface area contributed by atoms with Gasteiger partial charge in [-0.25, -0.2) is 4.79 Å². The van der Waals surface area contributed by atoms with Gasteiger partial charge in [-0.2, -0.15) is 0 Å². The molecule has 20 heavy (non-hydrogen) atoms. The van der Waals surface area contributed by atoms with Gasteiger partial charge in [0.15, 0.2) is 0 Å². The molecule has 108 valence electrons. The molecule has 1 aliphatic heterocycles. The number of hydrogen-bond acceptors (Lipinski definition) is 3. The van der Waals surface area contributed by atoms with Crippen LogP contribution < -0.4 is 16.1 Å². The maximum atomic E-state index is 11.3. The summed E-state index contributed by atoms with van der Waals surface area (Å²) in [6.45, 7) is 8.05. The largest absolute Gasteiger partial charge is 0.494 e. The van der Waals surface area contributed by atoms with Crippen LogP contribution in [0.3, 0.4) is 0 Å². The first kappa shape index (κ1) is 14.9. The highest BCUT2D eigenvalue weighted by Crippen LogP contribution is 2.36. The van der Waals surface area contributed by atoms with E-state index in [-0.39, 0.29) is 17.2 Å². The molecule has 0 aliphatic carbocycles. The average Bonchev–Trinajstić information content (AvgIpc) is 2.59. The van der Waals surface area contributed by atoms with E-state index in [0.717, 1.165) is 5.46 Å². The predicted octanol–water partition coefficient (Wildman–Crippen LogP) is 1.74. The van der Waals surface area contributed by atoms with Gasteiger partial charge in [0.25, 0.3) is 0 Å². The number of amides is 2. The summed E-state index contributed by atoms with van der Waals surface area (Å²) in [5.41, 5.74) is 0.846. The van der Waals surface area contributed by atoms with E-state index >= 15 is 0 Å². The lowest BCUT2D eigenvalue weighted by Gasteiger charge is -2.32. The van der Waals surface area contributed by atoms with Crippen molar-refractivity contribution < 1.29 is 14.1 Å². The van der Waals surface area contributed by atoms with Gasteiger partial charge >= 0.3 is 13.1 Å². The third-order valence-electron chi connectivity index (χ3n) is 3.90. The summed E-state index contributed by atoms with van der Waals surface area (Å²) in [5.74, 6) is 0. The van der Waals surface area contributed by atoms with Gasteiger partial charge < -0.3 is 19.9 Å². The number of nitrogens with one attached hydrogen (secondary N) is 2. The van der Waals surface area contributed by atoms with Crippen molar-refractivity contribution in [3.8, 4) is 0 Å². The van der Waals surface area contributed by atoms with E-state index < -0.39 is 7.12 Å². The van der Waals surface area contributed by atoms with Gasteiger partial charge in [-0.15, -0.1) is 0 Å². The Morgan fingerprint density at radius 1 is 1.15 bits per heavy atom. The molecule has 0 radical (unpaired) electrons. The molecule has 0 aromatic heterocycles. The van der Waals surface area contributed by atoms with Crippen molar-refractivity contribution in [3.05, 3.63) is 24.3 Å². The highest BCUT2D eigenvalue weighted by Gasteiger charge is 2.51. The Hall–Kier alpha value is -1.53. The molecule has 1 aliphatic rings. The van der Waals surface area contributed by atoms with Crippen molar-refractivity contribution in [3.63, 3.8) is 0 Å². The van der Waals surface area contributed by atoms with Crippen LogP contribution in [-0.4, -0.2) is 31.4 Å². The van der Waals surface area contributed by atoms with Crippen molar-refractivity contribution >= 4 is 24.3 Å². The molecule has 0 saturated carbocycles. The van der Waals surface area contributed by atoms with E-state index in [0.29, 0.717) is 5.69 Å². The summed E-state index contributed by atoms with van der Waals surface area (Å²) in [4.78, 5) is 11.3. The normalized spacial score (nSPS) is 19.8. The molecule has 6 heteroatoms. The molecular formula is C14H21BN2O3. The topological polar surface area (TPSA) is 59.6 Å². The summed E-state index contributed by atoms with van der Waals surface area (Å²) >= 11 is 0. The molecule has 0 unspecified atom stereocenters. The lowest BCUT2D eigenvalue weighted by Crippen LogP contribution is -2.41. The lowest BCUT2D eigenvalue weighted by molar-refractivity contribution is 0.00578. The molecule has 2 rings (SSSR count). The minimum atomic E-state index is -0.425. The van der Waals surface area contributed by atoms with Crippen molar-refractivity contribution in [2.45, 2.75) is 38.9 Å². The second-order valence-corrected chi connectivity index (χ2v) is 5.92. The van der Waals surface area contributed by atoms with E-state index in [4.69, 9.17) is 9.31 Å². The molecule has 1 aromatic rings. The zero-order valence-corrected chi connectivity index (χ0v) is 12.6. The molecule has 5 nitrogen and oxygen atoms in total. The highest BCUT2D eigenvalue weighted by atomic mass is 16.7. The molecule has 1 heterocycles. The van der Waals surface area contributed by atoms with Crippen molar-refractivity contribution in [1.82, 2.24) is 5.32 Å². The number of anilines is 1. The Balaban J connectivity index is 2.19. The minimum Gasteiger partial charge on any atom is -0.399 e. The summed E-state index contributed by atoms with van der Waals surface area (Å²) in [6.07, 6.45) is 0. The van der Waals surface area contributed by atoms with Crippen LogP contribution in [-0.2, 0) is 9.31 Å². The van der Waals surface area contributed by atoms with Gasteiger partial charge in [0.1, 0.15) is 0 Å². The number of carbonyl (C=O) groups excluding carboxylic acids is 1. The standard InChI is InChI=1S/C14H21BN2O3/c1-13(2)14(3,4)20-15(19-13)10-7-6-8-11(9-10)17-12(18)16-5/h6-9H,1-5H3,(H2,16,17,18). The number of carbonyl (C=O) groups is 1. The van der Waals surface area contributed by atoms with Gasteiger partial charge in [0.2, 0.25) is 0 Å². The Labute approximate surface area is 120 Å². The molecule has 1 fully saturated rings. The van der Waals surface area contributed by atoms with E-state index in [9.17, 15) is 4.79 Å². The van der Waals surface area contributed by atoms with Crippen LogP contribution in [0, 0.1) is 0 Å². The minimum absolute atomic E-state index is 0.254. The van der Waals surface area contributed by atoms with Crippen molar-refractivity contribution in [2.75, 3.05) is 12.4 Å². The van der Waals surface area contributed by atoms with Crippen molar-refractivity contribution in [1.29, 1.82) is 0 Å². The molecule has 1 saturated heterocycles. The Morgan fingerprint density at radius 2 is 1.75 bits per heavy atom. The first-order valence-corrected chi connectivity index (χ1v) is 6.69. The van der Waals surface area contributed by atoms with Gasteiger partial charge in [-0.05, 0) is 45.3 Å². The van der Waals surface area contributed by atoms with Crippen LogP contribution in [0.1, 0.15) is 27.7 Å². The molecule has 0 atom stereocenters. The fourth-order valence-electron chi connectivity index (χ4n) is 1.94. The summed E-state index contributed by atoms with van der Waals surface area (Å²) < 4.78 is 12.0. The van der Waals surface area contributed by atoms with E-state index in [1.165, 1.54) is 0 Å². The summed E-state index contributed by atoms with van der Waals surface area (Å²) in [6, 6.07) is 7.22. The van der Waals surface area contributed by atoms with Crippen LogP contribution in [0.25, 0.3) is 0 Å². The SMILES string of the molecule is CNC(=O)Nc1cccc(B2OC(C)(C)C(C)(C)O2)c1. The Morgan fingerprint density at radius 3 is 2.30 bits per heavy atom. The lowest BCUT2D eigenvalue weighted by atomic mass is 9.79. The Bertz CT molecular complexity index is 501. The number of rotatable bonds is 2. The van der Waals surface area contributed by atoms with Crippen LogP contribution in [0.2, 0.25) is 0 Å². The fourth-order valence-corrected chi connectivity index (χ4v) is 1.94. The van der Waals surface area contributed by atoms with E-state index in [2.05, 4.69) is 10.6 Å². The van der Waals surface area contributed by atoms with Crippen LogP contribution in [0.4, 0.5) is 10.5 Å². The quantitative estimate of drug-likeness (QED) is 0.809. The third-order valence-corrected chi connectivity index (χ3v) is 3.90. The zero-order valence-electron chi connectivity index (χ0n) is 12.6. The van der Waals surface area contributed by atoms with Gasteiger partial charge in [0, 0.05) is 12.7 Å². The monoisotopic (exact) mass is 276 g/mol. The average molecular weight is 276 g/mol. The number of benzene rings is 1. The first-order valence-electron chi connectivity index (χ1n) is 6.69. The second kappa shape index (κ2) is 5.11. The maximum Gasteiger partial charge on any atom is 0.494 e. The van der Waals surface area contributed by atoms with Gasteiger partial charge in [-0.3, -0.25) is 0 Å². The molecule has 0 bridgehead atoms. The van der Waals surface area contributed by atoms with E-state index in [1.807, 2.05) is 52.0 Å². The third kappa shape index (κ3) is 2.81. The Kier molecular flexibility index (Phi) is 3.80. The summed E-state index contributed by atoms with van der Waals surface area (Å²) in [5, 5.41) is 5.25. The van der Waals surface area contributed by atoms with E-state index in [1.54, 1.807) is 7.05 Å². The van der Waals surface area contributed by atoms with Crippen LogP contribution in [0.5, 0.6) is 0 Å².